The van der Waals surface area contributed by atoms with Gasteiger partial charge in [0, 0.05) is 5.57 Å². The highest BCUT2D eigenvalue weighted by atomic mass is 31.0. The first-order chi connectivity index (χ1) is 10.5. The minimum Gasteiger partial charge on any atom is -0.478 e. The minimum atomic E-state index is -0.935. The summed E-state index contributed by atoms with van der Waals surface area (Å²) >= 11 is 0. The Bertz CT molecular complexity index is 252. The highest BCUT2D eigenvalue weighted by molar-refractivity contribution is 7.16. The lowest BCUT2D eigenvalue weighted by Crippen LogP contribution is -1.94. The molecule has 0 aromatic heterocycles. The molecule has 0 aliphatic heterocycles. The van der Waals surface area contributed by atoms with E-state index >= 15 is 0 Å². The number of carboxylic acid groups (broad SMARTS) is 1. The molecule has 0 spiro atoms. The second-order valence-electron chi connectivity index (χ2n) is 6.40. The standard InChI is InChI=1S/C15H33P.C4H6O2/c1-3-4-5-6-7-8-9-10-11-12-13-15(2)14-16;1-3(2)4(5)6/h15H,3-14,16H2,1-2H3;1H2,2H3,(H,5,6). The van der Waals surface area contributed by atoms with Gasteiger partial charge in [0.2, 0.25) is 0 Å². The van der Waals surface area contributed by atoms with Crippen molar-refractivity contribution in [3.8, 4) is 0 Å². The number of unbranched alkanes of at least 4 members (excludes halogenated alkanes) is 9. The fraction of sp³-hybridized carbons (Fsp3) is 0.842. The second-order valence-corrected chi connectivity index (χ2v) is 6.87. The topological polar surface area (TPSA) is 37.3 Å². The van der Waals surface area contributed by atoms with Crippen molar-refractivity contribution in [1.82, 2.24) is 0 Å². The number of aliphatic carboxylic acids is 1. The second kappa shape index (κ2) is 18.7. The molecule has 0 aliphatic carbocycles. The largest absolute Gasteiger partial charge is 0.478 e. The Hall–Kier alpha value is -0.360. The molecule has 0 aromatic rings. The fourth-order valence-electron chi connectivity index (χ4n) is 2.10. The van der Waals surface area contributed by atoms with E-state index in [0.717, 1.165) is 5.92 Å². The van der Waals surface area contributed by atoms with Crippen molar-refractivity contribution >= 4 is 15.2 Å². The third-order valence-electron chi connectivity index (χ3n) is 3.82. The predicted molar refractivity (Wildman–Crippen MR) is 103 cm³/mol. The highest BCUT2D eigenvalue weighted by Crippen LogP contribution is 2.14. The van der Waals surface area contributed by atoms with Crippen molar-refractivity contribution < 1.29 is 9.90 Å². The van der Waals surface area contributed by atoms with E-state index in [4.69, 9.17) is 5.11 Å². The Labute approximate surface area is 141 Å². The Morgan fingerprint density at radius 3 is 1.68 bits per heavy atom. The van der Waals surface area contributed by atoms with Gasteiger partial charge in [0.25, 0.3) is 0 Å². The van der Waals surface area contributed by atoms with E-state index in [-0.39, 0.29) is 5.57 Å². The van der Waals surface area contributed by atoms with Gasteiger partial charge in [-0.15, -0.1) is 9.24 Å². The Balaban J connectivity index is 0. The molecule has 0 rings (SSSR count). The highest BCUT2D eigenvalue weighted by Gasteiger charge is 1.98. The molecule has 2 atom stereocenters. The van der Waals surface area contributed by atoms with Crippen LogP contribution in [0, 0.1) is 5.92 Å². The molecule has 2 nitrogen and oxygen atoms in total. The first-order valence-corrected chi connectivity index (χ1v) is 9.86. The molecule has 0 fully saturated rings. The molecule has 0 saturated heterocycles. The predicted octanol–water partition coefficient (Wildman–Crippen LogP) is 6.46. The zero-order valence-corrected chi connectivity index (χ0v) is 16.4. The molecule has 22 heavy (non-hydrogen) atoms. The minimum absolute atomic E-state index is 0.176. The quantitative estimate of drug-likeness (QED) is 0.239. The van der Waals surface area contributed by atoms with Crippen molar-refractivity contribution in [1.29, 1.82) is 0 Å². The smallest absolute Gasteiger partial charge is 0.330 e. The molecule has 132 valence electrons. The molecular weight excluding hydrogens is 291 g/mol. The summed E-state index contributed by atoms with van der Waals surface area (Å²) in [6, 6.07) is 0. The van der Waals surface area contributed by atoms with Crippen LogP contribution in [-0.2, 0) is 4.79 Å². The van der Waals surface area contributed by atoms with Crippen LogP contribution in [-0.4, -0.2) is 17.2 Å². The Morgan fingerprint density at radius 1 is 1.00 bits per heavy atom. The Kier molecular flexibility index (Phi) is 20.3. The maximum absolute atomic E-state index is 9.60. The number of carbonyl (C=O) groups is 1. The summed E-state index contributed by atoms with van der Waals surface area (Å²) in [6.45, 7) is 9.25. The van der Waals surface area contributed by atoms with Gasteiger partial charge in [0.15, 0.2) is 0 Å². The van der Waals surface area contributed by atoms with Crippen molar-refractivity contribution in [3.63, 3.8) is 0 Å². The molecule has 0 aliphatic rings. The number of hydrogen-bond donors (Lipinski definition) is 1. The summed E-state index contributed by atoms with van der Waals surface area (Å²) < 4.78 is 0. The molecule has 0 bridgehead atoms. The zero-order chi connectivity index (χ0) is 17.2. The number of hydrogen-bond acceptors (Lipinski definition) is 1. The molecule has 1 N–H and O–H groups in total. The molecule has 3 heteroatoms. The molecule has 0 heterocycles. The zero-order valence-electron chi connectivity index (χ0n) is 15.2. The summed E-state index contributed by atoms with van der Waals surface area (Å²) in [5.41, 5.74) is 0.176. The molecule has 0 amide bonds. The van der Waals surface area contributed by atoms with Crippen LogP contribution in [0.4, 0.5) is 0 Å². The van der Waals surface area contributed by atoms with Gasteiger partial charge in [0.05, 0.1) is 0 Å². The van der Waals surface area contributed by atoms with Crippen LogP contribution >= 0.6 is 9.24 Å². The molecular formula is C19H39O2P. The lowest BCUT2D eigenvalue weighted by atomic mass is 10.0. The van der Waals surface area contributed by atoms with Crippen LogP contribution < -0.4 is 0 Å². The number of rotatable bonds is 13. The van der Waals surface area contributed by atoms with E-state index in [9.17, 15) is 4.79 Å². The lowest BCUT2D eigenvalue weighted by molar-refractivity contribution is -0.132. The van der Waals surface area contributed by atoms with E-state index in [1.54, 1.807) is 0 Å². The third kappa shape index (κ3) is 21.9. The monoisotopic (exact) mass is 330 g/mol. The van der Waals surface area contributed by atoms with Gasteiger partial charge < -0.3 is 5.11 Å². The fourth-order valence-corrected chi connectivity index (χ4v) is 2.33. The summed E-state index contributed by atoms with van der Waals surface area (Å²) in [5.74, 6) is -0.0194. The van der Waals surface area contributed by atoms with Crippen molar-refractivity contribution in [3.05, 3.63) is 12.2 Å². The average Bonchev–Trinajstić information content (AvgIpc) is 2.49. The van der Waals surface area contributed by atoms with Crippen LogP contribution in [0.15, 0.2) is 12.2 Å². The molecule has 0 aromatic carbocycles. The first-order valence-electron chi connectivity index (χ1n) is 9.04. The maximum atomic E-state index is 9.60. The third-order valence-corrected chi connectivity index (χ3v) is 4.62. The summed E-state index contributed by atoms with van der Waals surface area (Å²) in [5, 5.41) is 7.89. The van der Waals surface area contributed by atoms with E-state index < -0.39 is 5.97 Å². The van der Waals surface area contributed by atoms with E-state index in [0.29, 0.717) is 0 Å². The number of carboxylic acids is 1. The summed E-state index contributed by atoms with van der Waals surface area (Å²) in [6.07, 6.45) is 17.2. The molecule has 2 unspecified atom stereocenters. The van der Waals surface area contributed by atoms with Crippen LogP contribution in [0.5, 0.6) is 0 Å². The summed E-state index contributed by atoms with van der Waals surface area (Å²) in [7, 11) is 2.85. The van der Waals surface area contributed by atoms with Gasteiger partial charge >= 0.3 is 5.97 Å². The normalized spacial score (nSPS) is 11.5. The van der Waals surface area contributed by atoms with E-state index in [1.165, 1.54) is 83.7 Å². The van der Waals surface area contributed by atoms with Gasteiger partial charge in [-0.05, 0) is 19.0 Å². The van der Waals surface area contributed by atoms with Gasteiger partial charge in [-0.2, -0.15) is 0 Å². The first kappa shape index (κ1) is 23.9. The van der Waals surface area contributed by atoms with Crippen LogP contribution in [0.25, 0.3) is 0 Å². The maximum Gasteiger partial charge on any atom is 0.330 e. The van der Waals surface area contributed by atoms with Crippen molar-refractivity contribution in [2.75, 3.05) is 6.16 Å². The van der Waals surface area contributed by atoms with Crippen LogP contribution in [0.1, 0.15) is 91.4 Å². The SMILES string of the molecule is C=C(C)C(=O)O.CCCCCCCCCCCCC(C)CP. The summed E-state index contributed by atoms with van der Waals surface area (Å²) in [4.78, 5) is 9.60. The van der Waals surface area contributed by atoms with Crippen LogP contribution in [0.3, 0.4) is 0 Å². The van der Waals surface area contributed by atoms with Gasteiger partial charge in [-0.25, -0.2) is 4.79 Å². The lowest BCUT2D eigenvalue weighted by Gasteiger charge is -2.07. The van der Waals surface area contributed by atoms with Crippen LogP contribution in [0.2, 0.25) is 0 Å². The molecule has 0 saturated carbocycles. The van der Waals surface area contributed by atoms with Gasteiger partial charge in [-0.3, -0.25) is 0 Å². The Morgan fingerprint density at radius 2 is 1.36 bits per heavy atom. The van der Waals surface area contributed by atoms with Crippen molar-refractivity contribution in [2.24, 2.45) is 5.92 Å². The van der Waals surface area contributed by atoms with E-state index in [2.05, 4.69) is 29.7 Å². The van der Waals surface area contributed by atoms with E-state index in [1.807, 2.05) is 0 Å². The average molecular weight is 330 g/mol. The van der Waals surface area contributed by atoms with Gasteiger partial charge in [0.1, 0.15) is 0 Å². The molecule has 0 radical (unpaired) electrons. The van der Waals surface area contributed by atoms with Gasteiger partial charge in [-0.1, -0.05) is 91.1 Å². The van der Waals surface area contributed by atoms with Crippen molar-refractivity contribution in [2.45, 2.75) is 91.4 Å².